The summed E-state index contributed by atoms with van der Waals surface area (Å²) in [7, 11) is 6.07. The maximum absolute atomic E-state index is 12.4. The summed E-state index contributed by atoms with van der Waals surface area (Å²) in [6.45, 7) is 1.44. The Bertz CT molecular complexity index is 1110. The number of methoxy groups -OCH3 is 4. The Balaban J connectivity index is 0.00000408. The van der Waals surface area contributed by atoms with Crippen molar-refractivity contribution in [2.45, 2.75) is 19.1 Å². The molecule has 184 valence electrons. The van der Waals surface area contributed by atoms with Crippen LogP contribution in [0.4, 0.5) is 5.69 Å². The van der Waals surface area contributed by atoms with E-state index in [2.05, 4.69) is 10.5 Å². The molecule has 3 aromatic rings. The van der Waals surface area contributed by atoms with E-state index in [1.165, 1.54) is 41.6 Å². The number of hydrogen-bond acceptors (Lipinski definition) is 9. The Morgan fingerprint density at radius 1 is 1.00 bits per heavy atom. The molecule has 11 heteroatoms. The maximum Gasteiger partial charge on any atom is 0.244 e. The number of carbonyl (C=O) groups is 1. The van der Waals surface area contributed by atoms with Gasteiger partial charge in [-0.3, -0.25) is 4.79 Å². The van der Waals surface area contributed by atoms with E-state index in [0.29, 0.717) is 51.1 Å². The lowest BCUT2D eigenvalue weighted by Crippen LogP contribution is -2.43. The molecule has 10 nitrogen and oxygen atoms in total. The van der Waals surface area contributed by atoms with Gasteiger partial charge in [0, 0.05) is 11.1 Å². The van der Waals surface area contributed by atoms with Crippen molar-refractivity contribution in [3.63, 3.8) is 0 Å². The van der Waals surface area contributed by atoms with Crippen LogP contribution < -0.4 is 30.0 Å². The molecule has 4 N–H and O–H groups in total. The van der Waals surface area contributed by atoms with Crippen LogP contribution >= 0.6 is 12.4 Å². The van der Waals surface area contributed by atoms with E-state index in [-0.39, 0.29) is 12.4 Å². The summed E-state index contributed by atoms with van der Waals surface area (Å²) in [6.07, 6.45) is 0.483. The number of nitrogens with two attached hydrogens (primary N) is 1. The highest BCUT2D eigenvalue weighted by atomic mass is 35.5. The van der Waals surface area contributed by atoms with Gasteiger partial charge in [-0.15, -0.1) is 12.4 Å². The number of hydrogen-bond donors (Lipinski definition) is 3. The van der Waals surface area contributed by atoms with Crippen molar-refractivity contribution in [1.82, 2.24) is 5.16 Å². The monoisotopic (exact) mass is 493 g/mol. The summed E-state index contributed by atoms with van der Waals surface area (Å²) in [5.74, 6) is 1.27. The zero-order chi connectivity index (χ0) is 24.1. The van der Waals surface area contributed by atoms with Crippen LogP contribution in [0.25, 0.3) is 22.4 Å². The van der Waals surface area contributed by atoms with Gasteiger partial charge < -0.3 is 39.6 Å². The first-order valence-corrected chi connectivity index (χ1v) is 10.0. The van der Waals surface area contributed by atoms with Crippen LogP contribution in [0.3, 0.4) is 0 Å². The number of amides is 1. The molecule has 34 heavy (non-hydrogen) atoms. The van der Waals surface area contributed by atoms with E-state index in [4.69, 9.17) is 29.2 Å². The molecule has 3 rings (SSSR count). The van der Waals surface area contributed by atoms with Gasteiger partial charge in [-0.2, -0.15) is 0 Å². The van der Waals surface area contributed by atoms with Crippen molar-refractivity contribution in [3.8, 4) is 45.4 Å². The van der Waals surface area contributed by atoms with Gasteiger partial charge in [-0.25, -0.2) is 0 Å². The zero-order valence-electron chi connectivity index (χ0n) is 19.4. The third-order valence-corrected chi connectivity index (χ3v) is 5.10. The Hall–Kier alpha value is -3.47. The van der Waals surface area contributed by atoms with Gasteiger partial charge in [-0.1, -0.05) is 11.2 Å². The SMILES string of the molecule is COc1ccc(-c2conc2-c2cc(OC)c(OC)c(OC)c2)cc1NC(=O)C(N)C(C)O.Cl. The fourth-order valence-corrected chi connectivity index (χ4v) is 3.28. The van der Waals surface area contributed by atoms with Crippen LogP contribution in [0.15, 0.2) is 41.1 Å². The van der Waals surface area contributed by atoms with Crippen LogP contribution in [0.2, 0.25) is 0 Å². The van der Waals surface area contributed by atoms with E-state index in [1.54, 1.807) is 30.3 Å². The lowest BCUT2D eigenvalue weighted by molar-refractivity contribution is -0.119. The van der Waals surface area contributed by atoms with Crippen LogP contribution in [0, 0.1) is 0 Å². The molecule has 0 radical (unpaired) electrons. The number of aliphatic hydroxyl groups is 1. The number of nitrogens with one attached hydrogen (secondary N) is 1. The first kappa shape index (κ1) is 26.8. The quantitative estimate of drug-likeness (QED) is 0.410. The second-order valence-electron chi connectivity index (χ2n) is 7.16. The number of aromatic nitrogens is 1. The summed E-state index contributed by atoms with van der Waals surface area (Å²) in [5, 5.41) is 16.5. The van der Waals surface area contributed by atoms with Gasteiger partial charge in [0.2, 0.25) is 11.7 Å². The third kappa shape index (κ3) is 5.36. The van der Waals surface area contributed by atoms with Gasteiger partial charge in [0.15, 0.2) is 11.5 Å². The minimum atomic E-state index is -1.09. The molecule has 0 saturated heterocycles. The number of ether oxygens (including phenoxy) is 4. The van der Waals surface area contributed by atoms with Gasteiger partial charge in [0.05, 0.1) is 40.2 Å². The lowest BCUT2D eigenvalue weighted by Gasteiger charge is -2.17. The average Bonchev–Trinajstić information content (AvgIpc) is 3.32. The summed E-state index contributed by atoms with van der Waals surface area (Å²) in [4.78, 5) is 12.4. The smallest absolute Gasteiger partial charge is 0.244 e. The van der Waals surface area contributed by atoms with Crippen LogP contribution in [-0.4, -0.2) is 56.8 Å². The fraction of sp³-hybridized carbons (Fsp3) is 0.304. The molecule has 2 atom stereocenters. The molecule has 2 aromatic carbocycles. The summed E-state index contributed by atoms with van der Waals surface area (Å²) >= 11 is 0. The molecule has 0 saturated carbocycles. The number of rotatable bonds is 9. The summed E-state index contributed by atoms with van der Waals surface area (Å²) in [6, 6.07) is 7.64. The highest BCUT2D eigenvalue weighted by molar-refractivity contribution is 5.97. The molecule has 1 aromatic heterocycles. The predicted octanol–water partition coefficient (Wildman–Crippen LogP) is 3.11. The van der Waals surface area contributed by atoms with E-state index >= 15 is 0 Å². The number of carbonyl (C=O) groups excluding carboxylic acids is 1. The number of benzene rings is 2. The van der Waals surface area contributed by atoms with Crippen molar-refractivity contribution in [2.75, 3.05) is 33.8 Å². The maximum atomic E-state index is 12.4. The highest BCUT2D eigenvalue weighted by Gasteiger charge is 2.22. The standard InChI is InChI=1S/C23H27N3O7.ClH/c1-12(27)20(24)23(28)25-16-8-13(6-7-17(16)29-2)15-11-33-26-21(15)14-9-18(30-3)22(32-5)19(10-14)31-4;/h6-12,20,27H,24H2,1-5H3,(H,25,28);1H. The number of nitrogens with zero attached hydrogens (tertiary/aromatic N) is 1. The molecule has 0 aliphatic heterocycles. The molecule has 1 amide bonds. The number of halogens is 1. The van der Waals surface area contributed by atoms with Crippen molar-refractivity contribution < 1.29 is 33.4 Å². The largest absolute Gasteiger partial charge is 0.495 e. The van der Waals surface area contributed by atoms with Crippen molar-refractivity contribution in [1.29, 1.82) is 0 Å². The topological polar surface area (TPSA) is 138 Å². The Morgan fingerprint density at radius 3 is 2.15 bits per heavy atom. The van der Waals surface area contributed by atoms with Crippen LogP contribution in [0.1, 0.15) is 6.92 Å². The molecule has 1 heterocycles. The number of anilines is 1. The second kappa shape index (κ2) is 11.6. The Morgan fingerprint density at radius 2 is 1.62 bits per heavy atom. The van der Waals surface area contributed by atoms with Crippen LogP contribution in [0.5, 0.6) is 23.0 Å². The molecule has 0 bridgehead atoms. The molecule has 0 spiro atoms. The predicted molar refractivity (Wildman–Crippen MR) is 129 cm³/mol. The van der Waals surface area contributed by atoms with Crippen molar-refractivity contribution in [3.05, 3.63) is 36.6 Å². The van der Waals surface area contributed by atoms with E-state index in [1.807, 2.05) is 0 Å². The zero-order valence-corrected chi connectivity index (χ0v) is 20.3. The average molecular weight is 494 g/mol. The first-order chi connectivity index (χ1) is 15.8. The van der Waals surface area contributed by atoms with Crippen molar-refractivity contribution in [2.24, 2.45) is 5.73 Å². The normalized spacial score (nSPS) is 12.2. The van der Waals surface area contributed by atoms with Gasteiger partial charge in [0.25, 0.3) is 0 Å². The summed E-state index contributed by atoms with van der Waals surface area (Å²) in [5.41, 5.74) is 8.68. The highest BCUT2D eigenvalue weighted by Crippen LogP contribution is 2.43. The molecule has 0 aliphatic carbocycles. The molecular formula is C23H28ClN3O7. The van der Waals surface area contributed by atoms with E-state index in [0.717, 1.165) is 0 Å². The Labute approximate surface area is 203 Å². The van der Waals surface area contributed by atoms with Gasteiger partial charge in [0.1, 0.15) is 23.7 Å². The van der Waals surface area contributed by atoms with E-state index in [9.17, 15) is 9.90 Å². The van der Waals surface area contributed by atoms with E-state index < -0.39 is 18.1 Å². The van der Waals surface area contributed by atoms with Crippen LogP contribution in [-0.2, 0) is 4.79 Å². The van der Waals surface area contributed by atoms with Gasteiger partial charge >= 0.3 is 0 Å². The molecular weight excluding hydrogens is 466 g/mol. The minimum absolute atomic E-state index is 0. The molecule has 2 unspecified atom stereocenters. The fourth-order valence-electron chi connectivity index (χ4n) is 3.28. The van der Waals surface area contributed by atoms with Gasteiger partial charge in [-0.05, 0) is 36.8 Å². The van der Waals surface area contributed by atoms with Crippen molar-refractivity contribution >= 4 is 24.0 Å². The molecule has 0 aliphatic rings. The Kier molecular flexibility index (Phi) is 9.13. The lowest BCUT2D eigenvalue weighted by atomic mass is 10.00. The first-order valence-electron chi connectivity index (χ1n) is 10.0. The summed E-state index contributed by atoms with van der Waals surface area (Å²) < 4.78 is 26.9. The second-order valence-corrected chi connectivity index (χ2v) is 7.16. The third-order valence-electron chi connectivity index (χ3n) is 5.10. The minimum Gasteiger partial charge on any atom is -0.495 e. The number of aliphatic hydroxyl groups excluding tert-OH is 1. The molecule has 0 fully saturated rings.